The smallest absolute Gasteiger partial charge is 0.227 e. The molecular weight excluding hydrogens is 340 g/mol. The molecule has 0 fully saturated rings. The molecule has 0 unspecified atom stereocenters. The molecule has 25 heavy (non-hydrogen) atoms. The van der Waals surface area contributed by atoms with E-state index in [4.69, 9.17) is 10.5 Å². The van der Waals surface area contributed by atoms with Crippen LogP contribution < -0.4 is 10.5 Å². The molecule has 0 radical (unpaired) electrons. The monoisotopic (exact) mass is 358 g/mol. The van der Waals surface area contributed by atoms with Crippen LogP contribution in [0.4, 0.5) is 5.69 Å². The normalized spacial score (nSPS) is 11.4. The Morgan fingerprint density at radius 2 is 1.72 bits per heavy atom. The second-order valence-electron chi connectivity index (χ2n) is 5.39. The standard InChI is InChI=1S/C17H18N4O3S/c1-3-24-15-8-10-16(11-9-15)25(22,23)17-12(2)21(20-19-17)14-6-4-13(18)5-7-14/h4-11H,3,18H2,1-2H3. The van der Waals surface area contributed by atoms with Crippen LogP contribution in [0.15, 0.2) is 58.5 Å². The molecule has 0 atom stereocenters. The van der Waals surface area contributed by atoms with E-state index in [2.05, 4.69) is 10.3 Å². The number of hydrogen-bond acceptors (Lipinski definition) is 6. The lowest BCUT2D eigenvalue weighted by Gasteiger charge is -2.06. The van der Waals surface area contributed by atoms with E-state index in [1.807, 2.05) is 6.92 Å². The molecule has 0 spiro atoms. The molecule has 0 aliphatic carbocycles. The number of nitrogens with two attached hydrogens (primary N) is 1. The largest absolute Gasteiger partial charge is 0.494 e. The first-order valence-electron chi connectivity index (χ1n) is 7.69. The third kappa shape index (κ3) is 3.20. The quantitative estimate of drug-likeness (QED) is 0.703. The highest BCUT2D eigenvalue weighted by molar-refractivity contribution is 7.91. The number of aromatic nitrogens is 3. The molecule has 2 aromatic carbocycles. The summed E-state index contributed by atoms with van der Waals surface area (Å²) in [6, 6.07) is 13.2. The number of sulfone groups is 1. The van der Waals surface area contributed by atoms with Gasteiger partial charge in [0.15, 0.2) is 0 Å². The van der Waals surface area contributed by atoms with Gasteiger partial charge < -0.3 is 10.5 Å². The molecule has 1 aromatic heterocycles. The maximum absolute atomic E-state index is 12.8. The van der Waals surface area contributed by atoms with Crippen LogP contribution in [0.2, 0.25) is 0 Å². The molecule has 130 valence electrons. The molecule has 8 heteroatoms. The van der Waals surface area contributed by atoms with Crippen molar-refractivity contribution in [1.29, 1.82) is 0 Å². The summed E-state index contributed by atoms with van der Waals surface area (Å²) in [7, 11) is -3.77. The first-order chi connectivity index (χ1) is 11.9. The number of nitrogens with zero attached hydrogens (tertiary/aromatic N) is 3. The zero-order chi connectivity index (χ0) is 18.0. The molecule has 0 bridgehead atoms. The van der Waals surface area contributed by atoms with Gasteiger partial charge in [0.1, 0.15) is 5.75 Å². The topological polar surface area (TPSA) is 100 Å². The lowest BCUT2D eigenvalue weighted by Crippen LogP contribution is -2.06. The van der Waals surface area contributed by atoms with Crippen LogP contribution >= 0.6 is 0 Å². The fourth-order valence-corrected chi connectivity index (χ4v) is 3.75. The first kappa shape index (κ1) is 17.0. The number of anilines is 1. The number of benzene rings is 2. The van der Waals surface area contributed by atoms with Crippen LogP contribution in [0, 0.1) is 6.92 Å². The number of rotatable bonds is 5. The summed E-state index contributed by atoms with van der Waals surface area (Å²) in [4.78, 5) is 0.142. The van der Waals surface area contributed by atoms with Crippen LogP contribution in [0.1, 0.15) is 12.6 Å². The molecule has 1 heterocycles. The van der Waals surface area contributed by atoms with Crippen LogP contribution in [0.25, 0.3) is 5.69 Å². The molecule has 0 aliphatic heterocycles. The van der Waals surface area contributed by atoms with Gasteiger partial charge in [-0.3, -0.25) is 0 Å². The van der Waals surface area contributed by atoms with Gasteiger partial charge in [0.05, 0.1) is 22.9 Å². The van der Waals surface area contributed by atoms with Gasteiger partial charge in [-0.2, -0.15) is 0 Å². The minimum Gasteiger partial charge on any atom is -0.494 e. The molecule has 3 rings (SSSR count). The lowest BCUT2D eigenvalue weighted by atomic mass is 10.3. The van der Waals surface area contributed by atoms with Crippen molar-refractivity contribution in [2.24, 2.45) is 0 Å². The molecule has 0 saturated carbocycles. The van der Waals surface area contributed by atoms with Crippen molar-refractivity contribution in [1.82, 2.24) is 15.0 Å². The van der Waals surface area contributed by atoms with Crippen LogP contribution in [-0.4, -0.2) is 30.0 Å². The van der Waals surface area contributed by atoms with Crippen molar-refractivity contribution < 1.29 is 13.2 Å². The molecule has 0 aliphatic rings. The summed E-state index contributed by atoms with van der Waals surface area (Å²) in [5.74, 6) is 0.615. The summed E-state index contributed by atoms with van der Waals surface area (Å²) in [5, 5.41) is 7.78. The predicted octanol–water partition coefficient (Wildman–Crippen LogP) is 2.39. The van der Waals surface area contributed by atoms with Crippen molar-refractivity contribution in [2.45, 2.75) is 23.8 Å². The van der Waals surface area contributed by atoms with Crippen LogP contribution in [0.3, 0.4) is 0 Å². The number of hydrogen-bond donors (Lipinski definition) is 1. The van der Waals surface area contributed by atoms with E-state index < -0.39 is 9.84 Å². The zero-order valence-corrected chi connectivity index (χ0v) is 14.7. The molecule has 3 aromatic rings. The van der Waals surface area contributed by atoms with Crippen molar-refractivity contribution >= 4 is 15.5 Å². The summed E-state index contributed by atoms with van der Waals surface area (Å²) in [6.45, 7) is 4.04. The second-order valence-corrected chi connectivity index (χ2v) is 7.26. The third-order valence-electron chi connectivity index (χ3n) is 3.69. The highest BCUT2D eigenvalue weighted by Crippen LogP contribution is 2.25. The van der Waals surface area contributed by atoms with Gasteiger partial charge in [-0.05, 0) is 62.4 Å². The summed E-state index contributed by atoms with van der Waals surface area (Å²) < 4.78 is 32.5. The Morgan fingerprint density at radius 3 is 2.32 bits per heavy atom. The summed E-state index contributed by atoms with van der Waals surface area (Å²) in [6.07, 6.45) is 0. The van der Waals surface area contributed by atoms with Crippen LogP contribution in [0.5, 0.6) is 5.75 Å². The van der Waals surface area contributed by atoms with Crippen molar-refractivity contribution in [3.8, 4) is 11.4 Å². The van der Waals surface area contributed by atoms with E-state index in [9.17, 15) is 8.42 Å². The Balaban J connectivity index is 1.99. The highest BCUT2D eigenvalue weighted by atomic mass is 32.2. The lowest BCUT2D eigenvalue weighted by molar-refractivity contribution is 0.340. The summed E-state index contributed by atoms with van der Waals surface area (Å²) in [5.41, 5.74) is 7.41. The minimum absolute atomic E-state index is 0.0755. The molecule has 2 N–H and O–H groups in total. The Kier molecular flexibility index (Phi) is 4.45. The molecule has 0 saturated heterocycles. The Morgan fingerprint density at radius 1 is 1.08 bits per heavy atom. The summed E-state index contributed by atoms with van der Waals surface area (Å²) >= 11 is 0. The van der Waals surface area contributed by atoms with Crippen LogP contribution in [-0.2, 0) is 9.84 Å². The van der Waals surface area contributed by atoms with E-state index in [-0.39, 0.29) is 9.92 Å². The first-order valence-corrected chi connectivity index (χ1v) is 9.18. The van der Waals surface area contributed by atoms with Gasteiger partial charge in [-0.1, -0.05) is 5.21 Å². The average Bonchev–Trinajstić information content (AvgIpc) is 2.99. The van der Waals surface area contributed by atoms with E-state index in [0.29, 0.717) is 29.4 Å². The van der Waals surface area contributed by atoms with Gasteiger partial charge in [0.25, 0.3) is 0 Å². The maximum Gasteiger partial charge on any atom is 0.227 e. The highest BCUT2D eigenvalue weighted by Gasteiger charge is 2.25. The third-order valence-corrected chi connectivity index (χ3v) is 5.47. The van der Waals surface area contributed by atoms with Gasteiger partial charge in [0.2, 0.25) is 14.9 Å². The maximum atomic E-state index is 12.8. The minimum atomic E-state index is -3.77. The molecule has 7 nitrogen and oxygen atoms in total. The Bertz CT molecular complexity index is 978. The molecule has 0 amide bonds. The zero-order valence-electron chi connectivity index (χ0n) is 13.9. The predicted molar refractivity (Wildman–Crippen MR) is 93.6 cm³/mol. The van der Waals surface area contributed by atoms with E-state index in [1.54, 1.807) is 43.3 Å². The fourth-order valence-electron chi connectivity index (χ4n) is 2.42. The Hall–Kier alpha value is -2.87. The van der Waals surface area contributed by atoms with Gasteiger partial charge >= 0.3 is 0 Å². The van der Waals surface area contributed by atoms with E-state index in [0.717, 1.165) is 0 Å². The van der Waals surface area contributed by atoms with Crippen molar-refractivity contribution in [3.05, 3.63) is 54.2 Å². The number of nitrogen functional groups attached to an aromatic ring is 1. The fraction of sp³-hybridized carbons (Fsp3) is 0.176. The van der Waals surface area contributed by atoms with E-state index >= 15 is 0 Å². The second kappa shape index (κ2) is 6.56. The van der Waals surface area contributed by atoms with Gasteiger partial charge in [-0.15, -0.1) is 5.10 Å². The number of ether oxygens (including phenoxy) is 1. The van der Waals surface area contributed by atoms with E-state index in [1.165, 1.54) is 16.8 Å². The Labute approximate surface area is 146 Å². The van der Waals surface area contributed by atoms with Crippen molar-refractivity contribution in [3.63, 3.8) is 0 Å². The SMILES string of the molecule is CCOc1ccc(S(=O)(=O)c2nnn(-c3ccc(N)cc3)c2C)cc1. The van der Waals surface area contributed by atoms with Gasteiger partial charge in [0, 0.05) is 5.69 Å². The van der Waals surface area contributed by atoms with Gasteiger partial charge in [-0.25, -0.2) is 13.1 Å². The average molecular weight is 358 g/mol. The molecular formula is C17H18N4O3S. The van der Waals surface area contributed by atoms with Crippen molar-refractivity contribution in [2.75, 3.05) is 12.3 Å².